The molecule has 1 unspecified atom stereocenters. The van der Waals surface area contributed by atoms with Crippen LogP contribution in [0.1, 0.15) is 24.8 Å². The van der Waals surface area contributed by atoms with Crippen LogP contribution in [-0.4, -0.2) is 60.8 Å². The number of amides is 1. The number of aliphatic hydroxyl groups excluding tert-OH is 1. The van der Waals surface area contributed by atoms with E-state index in [4.69, 9.17) is 4.74 Å². The first-order valence-electron chi connectivity index (χ1n) is 8.88. The highest BCUT2D eigenvalue weighted by Gasteiger charge is 2.45. The van der Waals surface area contributed by atoms with E-state index in [9.17, 15) is 9.90 Å². The number of ether oxygens (including phenoxy) is 1. The third-order valence-electron chi connectivity index (χ3n) is 5.85. The summed E-state index contributed by atoms with van der Waals surface area (Å²) in [5.41, 5.74) is 1.19. The molecule has 0 aromatic heterocycles. The number of likely N-dealkylation sites (tertiary alicyclic amines) is 2. The zero-order valence-electron chi connectivity index (χ0n) is 14.5. The Morgan fingerprint density at radius 3 is 2.54 bits per heavy atom. The predicted molar refractivity (Wildman–Crippen MR) is 92.6 cm³/mol. The number of carbonyl (C=O) groups is 1. The van der Waals surface area contributed by atoms with E-state index in [-0.39, 0.29) is 24.0 Å². The number of hydrogen-bond donors (Lipinski definition) is 1. The van der Waals surface area contributed by atoms with E-state index in [0.29, 0.717) is 13.2 Å². The molecule has 24 heavy (non-hydrogen) atoms. The second kappa shape index (κ2) is 7.53. The van der Waals surface area contributed by atoms with Crippen LogP contribution in [-0.2, 0) is 11.3 Å². The predicted octanol–water partition coefficient (Wildman–Crippen LogP) is 2.35. The van der Waals surface area contributed by atoms with E-state index in [1.165, 1.54) is 0 Å². The minimum absolute atomic E-state index is 0.145. The van der Waals surface area contributed by atoms with Crippen molar-refractivity contribution >= 4 is 6.09 Å². The Bertz CT molecular complexity index is 541. The van der Waals surface area contributed by atoms with E-state index < -0.39 is 0 Å². The molecule has 0 aliphatic carbocycles. The second-order valence-electron chi connectivity index (χ2n) is 7.28. The lowest BCUT2D eigenvalue weighted by atomic mass is 9.65. The molecule has 2 fully saturated rings. The highest BCUT2D eigenvalue weighted by molar-refractivity contribution is 5.67. The lowest BCUT2D eigenvalue weighted by Crippen LogP contribution is -2.54. The van der Waals surface area contributed by atoms with Crippen LogP contribution in [0.25, 0.3) is 0 Å². The van der Waals surface area contributed by atoms with Crippen LogP contribution in [0.4, 0.5) is 4.79 Å². The standard InChI is InChI=1S/C19H28N2O3/c1-20-10-7-19(8-11-20)9-12-21(13-17(19)14-22)18(23)24-15-16-5-3-2-4-6-16/h2-6,17,22H,7-15H2,1H3. The summed E-state index contributed by atoms with van der Waals surface area (Å²) < 4.78 is 5.45. The van der Waals surface area contributed by atoms with E-state index in [1.807, 2.05) is 30.3 Å². The van der Waals surface area contributed by atoms with E-state index >= 15 is 0 Å². The normalized spacial score (nSPS) is 24.1. The highest BCUT2D eigenvalue weighted by Crippen LogP contribution is 2.44. The first kappa shape index (κ1) is 17.2. The average molecular weight is 332 g/mol. The van der Waals surface area contributed by atoms with Crippen molar-refractivity contribution in [2.75, 3.05) is 39.8 Å². The summed E-state index contributed by atoms with van der Waals surface area (Å²) in [6.07, 6.45) is 2.93. The minimum Gasteiger partial charge on any atom is -0.445 e. The van der Waals surface area contributed by atoms with E-state index in [0.717, 1.165) is 44.5 Å². The van der Waals surface area contributed by atoms with Gasteiger partial charge in [0.2, 0.25) is 0 Å². The van der Waals surface area contributed by atoms with Crippen LogP contribution in [0.3, 0.4) is 0 Å². The van der Waals surface area contributed by atoms with Crippen molar-refractivity contribution < 1.29 is 14.6 Å². The SMILES string of the molecule is CN1CCC2(CC1)CCN(C(=O)OCc1ccccc1)CC2CO. The molecule has 1 aromatic rings. The topological polar surface area (TPSA) is 53.0 Å². The van der Waals surface area contributed by atoms with Gasteiger partial charge in [-0.2, -0.15) is 0 Å². The third kappa shape index (κ3) is 3.73. The summed E-state index contributed by atoms with van der Waals surface area (Å²) >= 11 is 0. The maximum atomic E-state index is 12.4. The van der Waals surface area contributed by atoms with E-state index in [1.54, 1.807) is 4.90 Å². The zero-order chi connectivity index (χ0) is 17.0. The molecule has 0 radical (unpaired) electrons. The first-order chi connectivity index (χ1) is 11.6. The quantitative estimate of drug-likeness (QED) is 0.923. The van der Waals surface area contributed by atoms with Crippen LogP contribution in [0.5, 0.6) is 0 Å². The second-order valence-corrected chi connectivity index (χ2v) is 7.28. The van der Waals surface area contributed by atoms with Gasteiger partial charge < -0.3 is 19.6 Å². The molecule has 5 heteroatoms. The van der Waals surface area contributed by atoms with Crippen molar-refractivity contribution in [2.24, 2.45) is 11.3 Å². The average Bonchev–Trinajstić information content (AvgIpc) is 2.63. The molecule has 2 heterocycles. The third-order valence-corrected chi connectivity index (χ3v) is 5.85. The fourth-order valence-electron chi connectivity index (χ4n) is 4.06. The van der Waals surface area contributed by atoms with Gasteiger partial charge in [0.1, 0.15) is 6.61 Å². The van der Waals surface area contributed by atoms with Gasteiger partial charge in [0.25, 0.3) is 0 Å². The van der Waals surface area contributed by atoms with Crippen LogP contribution in [0.15, 0.2) is 30.3 Å². The Kier molecular flexibility index (Phi) is 5.41. The Labute approximate surface area is 144 Å². The summed E-state index contributed by atoms with van der Waals surface area (Å²) in [5, 5.41) is 9.89. The van der Waals surface area contributed by atoms with Gasteiger partial charge in [0.15, 0.2) is 0 Å². The fourth-order valence-corrected chi connectivity index (χ4v) is 4.06. The number of hydrogen-bond acceptors (Lipinski definition) is 4. The Morgan fingerprint density at radius 2 is 1.88 bits per heavy atom. The fraction of sp³-hybridized carbons (Fsp3) is 0.632. The van der Waals surface area contributed by atoms with Crippen molar-refractivity contribution in [1.29, 1.82) is 0 Å². The smallest absolute Gasteiger partial charge is 0.410 e. The molecule has 0 bridgehead atoms. The van der Waals surface area contributed by atoms with Crippen molar-refractivity contribution in [3.05, 3.63) is 35.9 Å². The maximum Gasteiger partial charge on any atom is 0.410 e. The molecular weight excluding hydrogens is 304 g/mol. The molecule has 2 saturated heterocycles. The number of piperidine rings is 2. The maximum absolute atomic E-state index is 12.4. The van der Waals surface area contributed by atoms with Gasteiger partial charge in [-0.05, 0) is 50.4 Å². The molecule has 1 aromatic carbocycles. The van der Waals surface area contributed by atoms with Crippen LogP contribution >= 0.6 is 0 Å². The summed E-state index contributed by atoms with van der Waals surface area (Å²) in [7, 11) is 2.15. The zero-order valence-corrected chi connectivity index (χ0v) is 14.5. The molecular formula is C19H28N2O3. The van der Waals surface area contributed by atoms with Gasteiger partial charge in [-0.1, -0.05) is 30.3 Å². The van der Waals surface area contributed by atoms with Crippen molar-refractivity contribution in [3.8, 4) is 0 Å². The minimum atomic E-state index is -0.264. The van der Waals surface area contributed by atoms with Gasteiger partial charge in [-0.15, -0.1) is 0 Å². The van der Waals surface area contributed by atoms with Gasteiger partial charge in [-0.25, -0.2) is 4.79 Å². The number of benzene rings is 1. The highest BCUT2D eigenvalue weighted by atomic mass is 16.6. The van der Waals surface area contributed by atoms with Gasteiger partial charge in [-0.3, -0.25) is 0 Å². The lowest BCUT2D eigenvalue weighted by Gasteiger charge is -2.50. The number of rotatable bonds is 3. The Hall–Kier alpha value is -1.59. The molecule has 132 valence electrons. The van der Waals surface area contributed by atoms with Crippen LogP contribution in [0, 0.1) is 11.3 Å². The molecule has 1 amide bonds. The molecule has 2 aliphatic rings. The molecule has 2 aliphatic heterocycles. The molecule has 3 rings (SSSR count). The monoisotopic (exact) mass is 332 g/mol. The molecule has 1 atom stereocenters. The van der Waals surface area contributed by atoms with Crippen molar-refractivity contribution in [2.45, 2.75) is 25.9 Å². The molecule has 1 spiro atoms. The molecule has 1 N–H and O–H groups in total. The van der Waals surface area contributed by atoms with Crippen molar-refractivity contribution in [1.82, 2.24) is 9.80 Å². The Morgan fingerprint density at radius 1 is 1.21 bits per heavy atom. The van der Waals surface area contributed by atoms with Gasteiger partial charge in [0.05, 0.1) is 0 Å². The molecule has 0 saturated carbocycles. The number of aliphatic hydroxyl groups is 1. The number of nitrogens with zero attached hydrogens (tertiary/aromatic N) is 2. The van der Waals surface area contributed by atoms with Crippen molar-refractivity contribution in [3.63, 3.8) is 0 Å². The van der Waals surface area contributed by atoms with E-state index in [2.05, 4.69) is 11.9 Å². The lowest BCUT2D eigenvalue weighted by molar-refractivity contribution is -0.0365. The van der Waals surface area contributed by atoms with Crippen LogP contribution < -0.4 is 0 Å². The van der Waals surface area contributed by atoms with Gasteiger partial charge in [0, 0.05) is 25.6 Å². The number of carbonyl (C=O) groups excluding carboxylic acids is 1. The first-order valence-corrected chi connectivity index (χ1v) is 8.88. The Balaban J connectivity index is 1.56. The van der Waals surface area contributed by atoms with Crippen LogP contribution in [0.2, 0.25) is 0 Å². The molecule has 5 nitrogen and oxygen atoms in total. The summed E-state index contributed by atoms with van der Waals surface area (Å²) in [6.45, 7) is 3.94. The summed E-state index contributed by atoms with van der Waals surface area (Å²) in [4.78, 5) is 16.5. The summed E-state index contributed by atoms with van der Waals surface area (Å²) in [5.74, 6) is 0.157. The van der Waals surface area contributed by atoms with Gasteiger partial charge >= 0.3 is 6.09 Å². The summed E-state index contributed by atoms with van der Waals surface area (Å²) in [6, 6.07) is 9.73. The largest absolute Gasteiger partial charge is 0.445 e.